The Hall–Kier alpha value is -0.700. The van der Waals surface area contributed by atoms with Gasteiger partial charge < -0.3 is 15.2 Å². The first kappa shape index (κ1) is 15.4. The second kappa shape index (κ2) is 7.03. The summed E-state index contributed by atoms with van der Waals surface area (Å²) in [6, 6.07) is 0. The Morgan fingerprint density at radius 2 is 2.00 bits per heavy atom. The molecule has 1 rings (SSSR count). The lowest BCUT2D eigenvalue weighted by Gasteiger charge is -2.03. The summed E-state index contributed by atoms with van der Waals surface area (Å²) >= 11 is 0.983. The maximum atomic E-state index is 12.6. The summed E-state index contributed by atoms with van der Waals surface area (Å²) in [5.41, 5.74) is 4.40. The number of hydrogen-bond donors (Lipinski definition) is 1. The lowest BCUT2D eigenvalue weighted by Crippen LogP contribution is -2.11. The number of alkyl halides is 3. The Morgan fingerprint density at radius 3 is 2.50 bits per heavy atom. The number of methoxy groups -OCH3 is 1. The van der Waals surface area contributed by atoms with Gasteiger partial charge in [-0.2, -0.15) is 13.2 Å². The van der Waals surface area contributed by atoms with Gasteiger partial charge in [-0.05, 0) is 0 Å². The summed E-state index contributed by atoms with van der Waals surface area (Å²) in [5, 5.41) is 0.389. The largest absolute Gasteiger partial charge is 0.434 e. The highest BCUT2D eigenvalue weighted by Crippen LogP contribution is 2.34. The molecule has 0 fully saturated rings. The van der Waals surface area contributed by atoms with Crippen LogP contribution >= 0.6 is 11.3 Å². The zero-order valence-corrected chi connectivity index (χ0v) is 10.7. The van der Waals surface area contributed by atoms with E-state index in [0.29, 0.717) is 31.2 Å². The van der Waals surface area contributed by atoms with Crippen molar-refractivity contribution >= 4 is 11.3 Å². The van der Waals surface area contributed by atoms with Crippen LogP contribution in [0.2, 0.25) is 0 Å². The van der Waals surface area contributed by atoms with E-state index in [2.05, 4.69) is 4.98 Å². The van der Waals surface area contributed by atoms with E-state index in [0.717, 1.165) is 11.3 Å². The van der Waals surface area contributed by atoms with Crippen molar-refractivity contribution in [1.29, 1.82) is 0 Å². The number of nitrogens with zero attached hydrogens (tertiary/aromatic N) is 1. The Kier molecular flexibility index (Phi) is 6.00. The summed E-state index contributed by atoms with van der Waals surface area (Å²) in [6.07, 6.45) is -4.10. The molecule has 0 amide bonds. The van der Waals surface area contributed by atoms with Gasteiger partial charge in [0.1, 0.15) is 0 Å². The first-order valence-corrected chi connectivity index (χ1v) is 6.13. The van der Waals surface area contributed by atoms with Crippen molar-refractivity contribution in [3.8, 4) is 0 Å². The van der Waals surface area contributed by atoms with Gasteiger partial charge in [0, 0.05) is 20.1 Å². The molecule has 0 spiro atoms. The van der Waals surface area contributed by atoms with E-state index in [1.165, 1.54) is 0 Å². The van der Waals surface area contributed by atoms with E-state index < -0.39 is 11.9 Å². The van der Waals surface area contributed by atoms with Crippen LogP contribution in [-0.4, -0.2) is 31.9 Å². The van der Waals surface area contributed by atoms with E-state index in [1.807, 2.05) is 0 Å². The number of rotatable bonds is 7. The molecule has 0 bridgehead atoms. The highest BCUT2D eigenvalue weighted by Gasteiger charge is 2.36. The van der Waals surface area contributed by atoms with Crippen LogP contribution in [0.1, 0.15) is 15.6 Å². The van der Waals surface area contributed by atoms with Gasteiger partial charge in [-0.3, -0.25) is 0 Å². The number of ether oxygens (including phenoxy) is 2. The Bertz CT molecular complexity index is 368. The van der Waals surface area contributed by atoms with Crippen molar-refractivity contribution in [3.63, 3.8) is 0 Å². The second-order valence-corrected chi connectivity index (χ2v) is 4.60. The van der Waals surface area contributed by atoms with Crippen molar-refractivity contribution in [1.82, 2.24) is 4.98 Å². The summed E-state index contributed by atoms with van der Waals surface area (Å²) in [5.74, 6) is 0. The highest BCUT2D eigenvalue weighted by molar-refractivity contribution is 7.11. The number of halogens is 3. The molecule has 0 aliphatic heterocycles. The van der Waals surface area contributed by atoms with Gasteiger partial charge in [0.2, 0.25) is 0 Å². The molecule has 1 aromatic heterocycles. The standard InChI is InChI=1S/C10H15F3N2O2S/c1-16-4-5-17-3-2-8-15-9(10(11,12)13)7(6-14)18-8/h2-6,14H2,1H3. The van der Waals surface area contributed by atoms with Crippen LogP contribution in [0.25, 0.3) is 0 Å². The van der Waals surface area contributed by atoms with Gasteiger partial charge in [-0.25, -0.2) is 4.98 Å². The molecular formula is C10H15F3N2O2S. The molecule has 0 unspecified atom stereocenters. The van der Waals surface area contributed by atoms with E-state index in [1.54, 1.807) is 7.11 Å². The maximum absolute atomic E-state index is 12.6. The summed E-state index contributed by atoms with van der Waals surface area (Å²) in [6.45, 7) is 1.03. The van der Waals surface area contributed by atoms with Gasteiger partial charge >= 0.3 is 6.18 Å². The fraction of sp³-hybridized carbons (Fsp3) is 0.700. The lowest BCUT2D eigenvalue weighted by molar-refractivity contribution is -0.141. The SMILES string of the molecule is COCCOCCc1nc(C(F)(F)F)c(CN)s1. The Labute approximate surface area is 107 Å². The summed E-state index contributed by atoms with van der Waals surface area (Å²) in [4.78, 5) is 3.64. The predicted octanol–water partition coefficient (Wildman–Crippen LogP) is 1.83. The maximum Gasteiger partial charge on any atom is 0.434 e. The molecule has 0 saturated carbocycles. The number of hydrogen-bond acceptors (Lipinski definition) is 5. The average Bonchev–Trinajstić information content (AvgIpc) is 2.72. The topological polar surface area (TPSA) is 57.4 Å². The van der Waals surface area contributed by atoms with Gasteiger partial charge in [0.15, 0.2) is 5.69 Å². The Morgan fingerprint density at radius 1 is 1.28 bits per heavy atom. The van der Waals surface area contributed by atoms with Crippen molar-refractivity contribution < 1.29 is 22.6 Å². The molecule has 0 aliphatic carbocycles. The predicted molar refractivity (Wildman–Crippen MR) is 61.4 cm³/mol. The minimum atomic E-state index is -4.44. The van der Waals surface area contributed by atoms with E-state index >= 15 is 0 Å². The van der Waals surface area contributed by atoms with Gasteiger partial charge in [-0.15, -0.1) is 11.3 Å². The molecule has 1 heterocycles. The third-order valence-corrected chi connectivity index (χ3v) is 3.23. The molecular weight excluding hydrogens is 269 g/mol. The Balaban J connectivity index is 2.54. The van der Waals surface area contributed by atoms with Crippen LogP contribution in [0.3, 0.4) is 0 Å². The number of nitrogens with two attached hydrogens (primary N) is 1. The van der Waals surface area contributed by atoms with Crippen molar-refractivity contribution in [2.24, 2.45) is 5.73 Å². The van der Waals surface area contributed by atoms with Crippen LogP contribution in [-0.2, 0) is 28.6 Å². The molecule has 0 aliphatic rings. The third-order valence-electron chi connectivity index (χ3n) is 2.09. The van der Waals surface area contributed by atoms with Crippen LogP contribution < -0.4 is 5.73 Å². The molecule has 8 heteroatoms. The fourth-order valence-electron chi connectivity index (χ4n) is 1.27. The lowest BCUT2D eigenvalue weighted by atomic mass is 10.3. The van der Waals surface area contributed by atoms with Crippen LogP contribution in [0.4, 0.5) is 13.2 Å². The molecule has 4 nitrogen and oxygen atoms in total. The number of aromatic nitrogens is 1. The van der Waals surface area contributed by atoms with Crippen LogP contribution in [0, 0.1) is 0 Å². The first-order valence-electron chi connectivity index (χ1n) is 5.31. The zero-order valence-electron chi connectivity index (χ0n) is 9.92. The zero-order chi connectivity index (χ0) is 13.6. The minimum absolute atomic E-state index is 0.0643. The monoisotopic (exact) mass is 284 g/mol. The molecule has 0 saturated heterocycles. The molecule has 2 N–H and O–H groups in total. The van der Waals surface area contributed by atoms with Gasteiger partial charge in [0.05, 0.1) is 29.7 Å². The number of thiazole rings is 1. The smallest absolute Gasteiger partial charge is 0.382 e. The third kappa shape index (κ3) is 4.52. The van der Waals surface area contributed by atoms with E-state index in [-0.39, 0.29) is 11.4 Å². The molecule has 0 aromatic carbocycles. The van der Waals surface area contributed by atoms with Gasteiger partial charge in [-0.1, -0.05) is 0 Å². The van der Waals surface area contributed by atoms with Crippen molar-refractivity contribution in [2.75, 3.05) is 26.9 Å². The molecule has 0 radical (unpaired) electrons. The quantitative estimate of drug-likeness (QED) is 0.776. The van der Waals surface area contributed by atoms with Crippen LogP contribution in [0.5, 0.6) is 0 Å². The minimum Gasteiger partial charge on any atom is -0.382 e. The summed E-state index contributed by atoms with van der Waals surface area (Å²) in [7, 11) is 1.55. The molecule has 1 aromatic rings. The first-order chi connectivity index (χ1) is 8.49. The van der Waals surface area contributed by atoms with E-state index in [4.69, 9.17) is 15.2 Å². The molecule has 104 valence electrons. The second-order valence-electron chi connectivity index (χ2n) is 3.44. The average molecular weight is 284 g/mol. The van der Waals surface area contributed by atoms with Crippen molar-refractivity contribution in [2.45, 2.75) is 19.1 Å². The highest BCUT2D eigenvalue weighted by atomic mass is 32.1. The van der Waals surface area contributed by atoms with E-state index in [9.17, 15) is 13.2 Å². The molecule has 18 heavy (non-hydrogen) atoms. The van der Waals surface area contributed by atoms with Crippen LogP contribution in [0.15, 0.2) is 0 Å². The van der Waals surface area contributed by atoms with Crippen molar-refractivity contribution in [3.05, 3.63) is 15.6 Å². The normalized spacial score (nSPS) is 12.1. The fourth-order valence-corrected chi connectivity index (χ4v) is 2.22. The summed E-state index contributed by atoms with van der Waals surface area (Å²) < 4.78 is 47.7. The van der Waals surface area contributed by atoms with Gasteiger partial charge in [0.25, 0.3) is 0 Å². The molecule has 0 atom stereocenters.